The van der Waals surface area contributed by atoms with E-state index in [4.69, 9.17) is 17.3 Å². The first-order valence-electron chi connectivity index (χ1n) is 6.45. The van der Waals surface area contributed by atoms with Crippen LogP contribution in [0.5, 0.6) is 0 Å². The SMILES string of the molecule is CN(CC(=O)Nc1ccc(Cl)c(N)c1)Cc1nccn1C. The van der Waals surface area contributed by atoms with Crippen LogP contribution in [0.4, 0.5) is 11.4 Å². The first-order valence-corrected chi connectivity index (χ1v) is 6.83. The van der Waals surface area contributed by atoms with Gasteiger partial charge in [-0.25, -0.2) is 4.98 Å². The van der Waals surface area contributed by atoms with Crippen LogP contribution in [0.3, 0.4) is 0 Å². The Hall–Kier alpha value is -2.05. The summed E-state index contributed by atoms with van der Waals surface area (Å²) in [6, 6.07) is 5.01. The van der Waals surface area contributed by atoms with E-state index >= 15 is 0 Å². The molecule has 2 rings (SSSR count). The Labute approximate surface area is 128 Å². The Morgan fingerprint density at radius 2 is 2.29 bits per heavy atom. The number of anilines is 2. The highest BCUT2D eigenvalue weighted by Crippen LogP contribution is 2.22. The van der Waals surface area contributed by atoms with Crippen molar-refractivity contribution in [1.82, 2.24) is 14.5 Å². The third-order valence-corrected chi connectivity index (χ3v) is 3.37. The van der Waals surface area contributed by atoms with Crippen molar-refractivity contribution in [2.45, 2.75) is 6.54 Å². The fourth-order valence-corrected chi connectivity index (χ4v) is 2.03. The average Bonchev–Trinajstić information content (AvgIpc) is 2.79. The van der Waals surface area contributed by atoms with Gasteiger partial charge >= 0.3 is 0 Å². The molecule has 2 aromatic rings. The van der Waals surface area contributed by atoms with E-state index in [1.54, 1.807) is 24.4 Å². The third-order valence-electron chi connectivity index (χ3n) is 3.03. The lowest BCUT2D eigenvalue weighted by Crippen LogP contribution is -2.30. The minimum atomic E-state index is -0.117. The van der Waals surface area contributed by atoms with Crippen molar-refractivity contribution in [1.29, 1.82) is 0 Å². The van der Waals surface area contributed by atoms with E-state index in [9.17, 15) is 4.79 Å². The average molecular weight is 308 g/mol. The van der Waals surface area contributed by atoms with E-state index in [-0.39, 0.29) is 12.5 Å². The quantitative estimate of drug-likeness (QED) is 0.825. The molecule has 0 atom stereocenters. The summed E-state index contributed by atoms with van der Waals surface area (Å²) in [7, 11) is 3.79. The van der Waals surface area contributed by atoms with Crippen LogP contribution in [0.2, 0.25) is 5.02 Å². The molecular formula is C14H18ClN5O. The Morgan fingerprint density at radius 1 is 1.52 bits per heavy atom. The highest BCUT2D eigenvalue weighted by molar-refractivity contribution is 6.33. The molecule has 1 heterocycles. The van der Waals surface area contributed by atoms with Crippen molar-refractivity contribution >= 4 is 28.9 Å². The normalized spacial score (nSPS) is 10.9. The minimum Gasteiger partial charge on any atom is -0.397 e. The highest BCUT2D eigenvalue weighted by atomic mass is 35.5. The number of aryl methyl sites for hydroxylation is 1. The maximum absolute atomic E-state index is 12.0. The number of carbonyl (C=O) groups excluding carboxylic acids is 1. The predicted octanol–water partition coefficient (Wildman–Crippen LogP) is 1.73. The number of nitrogens with two attached hydrogens (primary N) is 1. The number of likely N-dealkylation sites (N-methyl/N-ethyl adjacent to an activating group) is 1. The summed E-state index contributed by atoms with van der Waals surface area (Å²) >= 11 is 5.84. The molecule has 6 nitrogen and oxygen atoms in total. The molecule has 0 aliphatic heterocycles. The number of nitrogen functional groups attached to an aromatic ring is 1. The van der Waals surface area contributed by atoms with Gasteiger partial charge in [-0.2, -0.15) is 0 Å². The lowest BCUT2D eigenvalue weighted by Gasteiger charge is -2.16. The molecule has 1 aromatic carbocycles. The Morgan fingerprint density at radius 3 is 2.90 bits per heavy atom. The van der Waals surface area contributed by atoms with Crippen LogP contribution in [-0.2, 0) is 18.4 Å². The number of hydrogen-bond acceptors (Lipinski definition) is 4. The number of hydrogen-bond donors (Lipinski definition) is 2. The maximum atomic E-state index is 12.0. The van der Waals surface area contributed by atoms with Gasteiger partial charge < -0.3 is 15.6 Å². The molecule has 3 N–H and O–H groups in total. The van der Waals surface area contributed by atoms with Gasteiger partial charge in [0.25, 0.3) is 0 Å². The van der Waals surface area contributed by atoms with Crippen LogP contribution < -0.4 is 11.1 Å². The molecule has 0 saturated carbocycles. The summed E-state index contributed by atoms with van der Waals surface area (Å²) in [6.45, 7) is 0.856. The van der Waals surface area contributed by atoms with Crippen LogP contribution in [0, 0.1) is 0 Å². The number of nitrogens with one attached hydrogen (secondary N) is 1. The van der Waals surface area contributed by atoms with E-state index in [1.807, 2.05) is 29.8 Å². The number of carbonyl (C=O) groups is 1. The monoisotopic (exact) mass is 307 g/mol. The Balaban J connectivity index is 1.89. The summed E-state index contributed by atoms with van der Waals surface area (Å²) in [5.41, 5.74) is 6.77. The molecule has 0 spiro atoms. The van der Waals surface area contributed by atoms with Crippen LogP contribution >= 0.6 is 11.6 Å². The number of halogens is 1. The molecule has 112 valence electrons. The van der Waals surface area contributed by atoms with Gasteiger partial charge in [-0.05, 0) is 25.2 Å². The van der Waals surface area contributed by atoms with E-state index in [2.05, 4.69) is 10.3 Å². The molecular weight excluding hydrogens is 290 g/mol. The van der Waals surface area contributed by atoms with Crippen molar-refractivity contribution < 1.29 is 4.79 Å². The van der Waals surface area contributed by atoms with E-state index in [0.29, 0.717) is 22.9 Å². The molecule has 21 heavy (non-hydrogen) atoms. The van der Waals surface area contributed by atoms with Crippen LogP contribution in [-0.4, -0.2) is 34.0 Å². The second-order valence-corrected chi connectivity index (χ2v) is 5.32. The van der Waals surface area contributed by atoms with Crippen LogP contribution in [0.15, 0.2) is 30.6 Å². The number of imidazole rings is 1. The summed E-state index contributed by atoms with van der Waals surface area (Å²) < 4.78 is 1.92. The largest absolute Gasteiger partial charge is 0.397 e. The number of aromatic nitrogens is 2. The van der Waals surface area contributed by atoms with Gasteiger partial charge in [0.15, 0.2) is 0 Å². The third kappa shape index (κ3) is 4.21. The minimum absolute atomic E-state index is 0.117. The van der Waals surface area contributed by atoms with Gasteiger partial charge in [0.05, 0.1) is 23.8 Å². The molecule has 0 radical (unpaired) electrons. The van der Waals surface area contributed by atoms with Crippen molar-refractivity contribution in [3.05, 3.63) is 41.4 Å². The summed E-state index contributed by atoms with van der Waals surface area (Å²) in [6.07, 6.45) is 3.61. The zero-order chi connectivity index (χ0) is 15.4. The lowest BCUT2D eigenvalue weighted by atomic mass is 10.3. The fourth-order valence-electron chi connectivity index (χ4n) is 1.91. The van der Waals surface area contributed by atoms with E-state index in [0.717, 1.165) is 5.82 Å². The second-order valence-electron chi connectivity index (χ2n) is 4.91. The Bertz CT molecular complexity index is 640. The van der Waals surface area contributed by atoms with Crippen LogP contribution in [0.25, 0.3) is 0 Å². The standard InChI is InChI=1S/C14H18ClN5O/c1-19(8-13-17-5-6-20(13)2)9-14(21)18-10-3-4-11(15)12(16)7-10/h3-7H,8-9,16H2,1-2H3,(H,18,21). The smallest absolute Gasteiger partial charge is 0.238 e. The second kappa shape index (κ2) is 6.60. The number of nitrogens with zero attached hydrogens (tertiary/aromatic N) is 3. The zero-order valence-corrected chi connectivity index (χ0v) is 12.8. The van der Waals surface area contributed by atoms with Gasteiger partial charge in [0, 0.05) is 25.1 Å². The predicted molar refractivity (Wildman–Crippen MR) is 84.0 cm³/mol. The zero-order valence-electron chi connectivity index (χ0n) is 12.0. The van der Waals surface area contributed by atoms with Crippen molar-refractivity contribution in [3.63, 3.8) is 0 Å². The van der Waals surface area contributed by atoms with Gasteiger partial charge in [-0.15, -0.1) is 0 Å². The molecule has 0 unspecified atom stereocenters. The van der Waals surface area contributed by atoms with Crippen molar-refractivity contribution in [2.24, 2.45) is 7.05 Å². The molecule has 1 aromatic heterocycles. The summed E-state index contributed by atoms with van der Waals surface area (Å²) in [4.78, 5) is 18.1. The Kier molecular flexibility index (Phi) is 4.82. The molecule has 7 heteroatoms. The molecule has 0 aliphatic carbocycles. The maximum Gasteiger partial charge on any atom is 0.238 e. The topological polar surface area (TPSA) is 76.2 Å². The first kappa shape index (κ1) is 15.3. The summed E-state index contributed by atoms with van der Waals surface area (Å²) in [5, 5.41) is 3.26. The fraction of sp³-hybridized carbons (Fsp3) is 0.286. The molecule has 0 saturated heterocycles. The molecule has 0 fully saturated rings. The summed E-state index contributed by atoms with van der Waals surface area (Å²) in [5.74, 6) is 0.787. The molecule has 1 amide bonds. The van der Waals surface area contributed by atoms with E-state index < -0.39 is 0 Å². The van der Waals surface area contributed by atoms with Gasteiger partial charge in [-0.3, -0.25) is 9.69 Å². The molecule has 0 aliphatic rings. The van der Waals surface area contributed by atoms with Crippen LogP contribution in [0.1, 0.15) is 5.82 Å². The number of amides is 1. The van der Waals surface area contributed by atoms with Gasteiger partial charge in [0.1, 0.15) is 5.82 Å². The molecule has 0 bridgehead atoms. The lowest BCUT2D eigenvalue weighted by molar-refractivity contribution is -0.117. The number of rotatable bonds is 5. The van der Waals surface area contributed by atoms with Gasteiger partial charge in [-0.1, -0.05) is 11.6 Å². The van der Waals surface area contributed by atoms with Crippen molar-refractivity contribution in [2.75, 3.05) is 24.6 Å². The first-order chi connectivity index (χ1) is 9.95. The number of benzene rings is 1. The van der Waals surface area contributed by atoms with Gasteiger partial charge in [0.2, 0.25) is 5.91 Å². The van der Waals surface area contributed by atoms with E-state index in [1.165, 1.54) is 0 Å². The highest BCUT2D eigenvalue weighted by Gasteiger charge is 2.10. The van der Waals surface area contributed by atoms with Crippen molar-refractivity contribution in [3.8, 4) is 0 Å².